The van der Waals surface area contributed by atoms with Gasteiger partial charge in [-0.05, 0) is 35.4 Å². The molecule has 2 heterocycles. The van der Waals surface area contributed by atoms with Crippen molar-refractivity contribution in [1.29, 1.82) is 5.26 Å². The molecular weight excluding hydrogens is 573 g/mol. The van der Waals surface area contributed by atoms with Gasteiger partial charge in [-0.3, -0.25) is 24.3 Å². The van der Waals surface area contributed by atoms with Crippen LogP contribution in [-0.2, 0) is 4.79 Å². The molecule has 0 aliphatic carbocycles. The van der Waals surface area contributed by atoms with Crippen molar-refractivity contribution in [3.8, 4) is 6.07 Å². The number of fused-ring (bicyclic) bond motifs is 1. The maximum absolute atomic E-state index is 13.9. The van der Waals surface area contributed by atoms with E-state index in [2.05, 4.69) is 11.4 Å². The Morgan fingerprint density at radius 1 is 1.10 bits per heavy atom. The Morgan fingerprint density at radius 3 is 2.48 bits per heavy atom. The molecule has 1 aliphatic rings. The molecule has 12 heteroatoms. The average Bonchev–Trinajstić information content (AvgIpc) is 3.25. The molecule has 9 nitrogen and oxygen atoms in total. The molecule has 1 atom stereocenters. The molecule has 3 aromatic carbocycles. The van der Waals surface area contributed by atoms with E-state index < -0.39 is 22.3 Å². The first-order chi connectivity index (χ1) is 19.2. The summed E-state index contributed by atoms with van der Waals surface area (Å²) < 4.78 is 1.54. The molecular formula is C28H17Cl2N5O4S. The quantitative estimate of drug-likeness (QED) is 0.264. The number of nitriles is 1. The molecule has 0 spiro atoms. The highest BCUT2D eigenvalue weighted by molar-refractivity contribution is 7.07. The lowest BCUT2D eigenvalue weighted by Crippen LogP contribution is -2.40. The maximum atomic E-state index is 13.9. The number of carbonyl (C=O) groups excluding carboxylic acids is 1. The Hall–Kier alpha value is -4.69. The number of anilines is 1. The van der Waals surface area contributed by atoms with E-state index in [-0.39, 0.29) is 42.6 Å². The van der Waals surface area contributed by atoms with Crippen molar-refractivity contribution < 1.29 is 9.72 Å². The van der Waals surface area contributed by atoms with Crippen molar-refractivity contribution in [3.05, 3.63) is 129 Å². The third-order valence-electron chi connectivity index (χ3n) is 6.24. The molecule has 0 fully saturated rings. The lowest BCUT2D eigenvalue weighted by atomic mass is 9.83. The van der Waals surface area contributed by atoms with Crippen LogP contribution in [0.2, 0.25) is 10.0 Å². The zero-order valence-corrected chi connectivity index (χ0v) is 22.6. The highest BCUT2D eigenvalue weighted by Gasteiger charge is 2.36. The number of rotatable bonds is 5. The van der Waals surface area contributed by atoms with Gasteiger partial charge in [0.1, 0.15) is 10.5 Å². The summed E-state index contributed by atoms with van der Waals surface area (Å²) in [4.78, 5) is 38.2. The van der Waals surface area contributed by atoms with Crippen LogP contribution in [0.15, 0.2) is 83.2 Å². The molecule has 5 rings (SSSR count). The SMILES string of the molecule is N#CC1=C(N)n2c(s/c(=C\c3ccccc3Cl)c2=O)=C(C(=O)Nc2cccc([N+](=O)[O-])c2)C1c1ccccc1Cl. The van der Waals surface area contributed by atoms with Gasteiger partial charge in [-0.15, -0.1) is 11.3 Å². The fourth-order valence-electron chi connectivity index (χ4n) is 4.42. The third-order valence-corrected chi connectivity index (χ3v) is 8.03. The van der Waals surface area contributed by atoms with Crippen molar-refractivity contribution in [3.63, 3.8) is 0 Å². The van der Waals surface area contributed by atoms with E-state index in [1.54, 1.807) is 54.6 Å². The van der Waals surface area contributed by atoms with Gasteiger partial charge in [0.25, 0.3) is 17.2 Å². The van der Waals surface area contributed by atoms with Crippen LogP contribution in [0.5, 0.6) is 0 Å². The van der Waals surface area contributed by atoms with E-state index in [1.165, 1.54) is 24.3 Å². The number of halogens is 2. The molecule has 1 aromatic heterocycles. The Balaban J connectivity index is 1.82. The number of benzene rings is 3. The minimum atomic E-state index is -1.02. The molecule has 0 radical (unpaired) electrons. The van der Waals surface area contributed by atoms with Crippen LogP contribution < -0.4 is 25.8 Å². The Labute approximate surface area is 240 Å². The molecule has 0 saturated carbocycles. The standard InChI is InChI=1S/C28H17Cl2N5O4S/c29-20-10-3-1-6-15(20)12-22-27(37)34-25(32)19(14-31)23(18-9-2-4-11-21(18)30)24(28(34)40-22)26(36)33-16-7-5-8-17(13-16)35(38)39/h1-13,23H,32H2,(H,33,36)/b22-12-. The number of nitrogens with two attached hydrogens (primary N) is 1. The maximum Gasteiger partial charge on any atom is 0.274 e. The number of non-ortho nitro benzene ring substituents is 1. The summed E-state index contributed by atoms with van der Waals surface area (Å²) in [6.07, 6.45) is 1.58. The van der Waals surface area contributed by atoms with Crippen molar-refractivity contribution in [1.82, 2.24) is 4.57 Å². The van der Waals surface area contributed by atoms with E-state index in [9.17, 15) is 25.0 Å². The molecule has 0 saturated heterocycles. The number of carbonyl (C=O) groups is 1. The third kappa shape index (κ3) is 4.78. The Morgan fingerprint density at radius 2 is 1.80 bits per heavy atom. The number of aromatic nitrogens is 1. The van der Waals surface area contributed by atoms with Gasteiger partial charge in [0.2, 0.25) is 0 Å². The second-order valence-corrected chi connectivity index (χ2v) is 10.5. The van der Waals surface area contributed by atoms with Crippen molar-refractivity contribution in [2.45, 2.75) is 5.92 Å². The van der Waals surface area contributed by atoms with Crippen molar-refractivity contribution in [2.75, 3.05) is 5.32 Å². The van der Waals surface area contributed by atoms with Gasteiger partial charge in [-0.25, -0.2) is 0 Å². The van der Waals surface area contributed by atoms with Gasteiger partial charge in [-0.1, -0.05) is 65.7 Å². The number of nitrogens with zero attached hydrogens (tertiary/aromatic N) is 3. The monoisotopic (exact) mass is 589 g/mol. The predicted molar refractivity (Wildman–Crippen MR) is 155 cm³/mol. The first kappa shape index (κ1) is 26.9. The zero-order valence-electron chi connectivity index (χ0n) is 20.3. The number of nitro benzene ring substituents is 1. The van der Waals surface area contributed by atoms with E-state index in [1.807, 2.05) is 0 Å². The number of allylic oxidation sites excluding steroid dienone is 1. The summed E-state index contributed by atoms with van der Waals surface area (Å²) in [5.41, 5.74) is 6.79. The molecule has 1 unspecified atom stereocenters. The summed E-state index contributed by atoms with van der Waals surface area (Å²) >= 11 is 13.8. The normalized spacial score (nSPS) is 15.0. The van der Waals surface area contributed by atoms with E-state index in [0.29, 0.717) is 16.1 Å². The van der Waals surface area contributed by atoms with Crippen LogP contribution in [0, 0.1) is 21.4 Å². The van der Waals surface area contributed by atoms with E-state index >= 15 is 0 Å². The number of nitrogens with one attached hydrogen (secondary N) is 1. The van der Waals surface area contributed by atoms with Crippen LogP contribution in [0.25, 0.3) is 17.5 Å². The van der Waals surface area contributed by atoms with Gasteiger partial charge in [0.15, 0.2) is 0 Å². The molecule has 40 heavy (non-hydrogen) atoms. The second kappa shape index (κ2) is 10.8. The highest BCUT2D eigenvalue weighted by Crippen LogP contribution is 2.39. The molecule has 1 aliphatic heterocycles. The minimum absolute atomic E-state index is 0.0336. The second-order valence-electron chi connectivity index (χ2n) is 8.62. The van der Waals surface area contributed by atoms with Crippen LogP contribution in [0.4, 0.5) is 11.4 Å². The lowest BCUT2D eigenvalue weighted by molar-refractivity contribution is -0.384. The van der Waals surface area contributed by atoms with E-state index in [0.717, 1.165) is 15.9 Å². The van der Waals surface area contributed by atoms with Crippen molar-refractivity contribution >= 4 is 69.3 Å². The average molecular weight is 590 g/mol. The van der Waals surface area contributed by atoms with Crippen molar-refractivity contribution in [2.24, 2.45) is 5.73 Å². The number of amides is 1. The largest absolute Gasteiger partial charge is 0.384 e. The topological polar surface area (TPSA) is 144 Å². The van der Waals surface area contributed by atoms with Crippen LogP contribution in [0.1, 0.15) is 17.0 Å². The zero-order chi connectivity index (χ0) is 28.6. The molecule has 0 bridgehead atoms. The predicted octanol–water partition coefficient (Wildman–Crippen LogP) is 4.19. The summed E-state index contributed by atoms with van der Waals surface area (Å²) in [7, 11) is 0. The molecule has 198 valence electrons. The van der Waals surface area contributed by atoms with Gasteiger partial charge < -0.3 is 11.1 Å². The Kier molecular flexibility index (Phi) is 7.28. The number of nitro groups is 1. The van der Waals surface area contributed by atoms with Crippen LogP contribution >= 0.6 is 34.5 Å². The molecule has 1 amide bonds. The summed E-state index contributed by atoms with van der Waals surface area (Å²) in [6.45, 7) is 0. The fraction of sp³-hybridized carbons (Fsp3) is 0.0357. The number of hydrogen-bond donors (Lipinski definition) is 2. The summed E-state index contributed by atoms with van der Waals surface area (Å²) in [6, 6.07) is 21.1. The smallest absolute Gasteiger partial charge is 0.274 e. The van der Waals surface area contributed by atoms with Gasteiger partial charge >= 0.3 is 0 Å². The number of hydrogen-bond acceptors (Lipinski definition) is 7. The number of thiazole rings is 1. The minimum Gasteiger partial charge on any atom is -0.384 e. The highest BCUT2D eigenvalue weighted by atomic mass is 35.5. The summed E-state index contributed by atoms with van der Waals surface area (Å²) in [5.74, 6) is -1.84. The first-order valence-corrected chi connectivity index (χ1v) is 13.2. The lowest BCUT2D eigenvalue weighted by Gasteiger charge is -2.26. The Bertz CT molecular complexity index is 1970. The molecule has 4 aromatic rings. The fourth-order valence-corrected chi connectivity index (χ4v) is 6.02. The van der Waals surface area contributed by atoms with Gasteiger partial charge in [-0.2, -0.15) is 5.26 Å². The van der Waals surface area contributed by atoms with Gasteiger partial charge in [0, 0.05) is 27.9 Å². The van der Waals surface area contributed by atoms with Crippen LogP contribution in [0.3, 0.4) is 0 Å². The first-order valence-electron chi connectivity index (χ1n) is 11.6. The van der Waals surface area contributed by atoms with Gasteiger partial charge in [0.05, 0.1) is 32.6 Å². The molecule has 3 N–H and O–H groups in total. The van der Waals surface area contributed by atoms with Crippen LogP contribution in [-0.4, -0.2) is 15.4 Å². The van der Waals surface area contributed by atoms with E-state index in [4.69, 9.17) is 28.9 Å². The summed E-state index contributed by atoms with van der Waals surface area (Å²) in [5, 5.41) is 24.8.